The van der Waals surface area contributed by atoms with Crippen LogP contribution in [0.4, 0.5) is 4.79 Å². The van der Waals surface area contributed by atoms with Crippen molar-refractivity contribution < 1.29 is 4.79 Å². The maximum Gasteiger partial charge on any atom is 0.320 e. The Bertz CT molecular complexity index is 392. The van der Waals surface area contributed by atoms with Gasteiger partial charge in [0.05, 0.1) is 0 Å². The Morgan fingerprint density at radius 1 is 1.31 bits per heavy atom. The van der Waals surface area contributed by atoms with E-state index in [2.05, 4.69) is 6.07 Å². The van der Waals surface area contributed by atoms with Crippen LogP contribution in [0.2, 0.25) is 0 Å². The number of likely N-dealkylation sites (N-methyl/N-ethyl adjacent to an activating group) is 1. The molecule has 0 atom stereocenters. The normalized spacial score (nSPS) is 16.0. The van der Waals surface area contributed by atoms with Gasteiger partial charge in [0.15, 0.2) is 0 Å². The number of carbonyl (C=O) groups is 1. The summed E-state index contributed by atoms with van der Waals surface area (Å²) in [5.41, 5.74) is 7.84. The molecule has 0 spiro atoms. The number of urea groups is 1. The first-order chi connectivity index (χ1) is 7.70. The molecule has 2 N–H and O–H groups in total. The van der Waals surface area contributed by atoms with Crippen LogP contribution < -0.4 is 5.73 Å². The van der Waals surface area contributed by atoms with Crippen LogP contribution in [0.5, 0.6) is 0 Å². The van der Waals surface area contributed by atoms with E-state index < -0.39 is 0 Å². The van der Waals surface area contributed by atoms with Crippen LogP contribution in [0.25, 0.3) is 0 Å². The smallest absolute Gasteiger partial charge is 0.320 e. The molecule has 0 saturated carbocycles. The number of hydrogen-bond acceptors (Lipinski definition) is 2. The van der Waals surface area contributed by atoms with Gasteiger partial charge in [0.1, 0.15) is 0 Å². The Labute approximate surface area is 95.6 Å². The van der Waals surface area contributed by atoms with Crippen molar-refractivity contribution >= 4 is 6.03 Å². The Morgan fingerprint density at radius 2 is 2.06 bits per heavy atom. The van der Waals surface area contributed by atoms with Gasteiger partial charge in [-0.1, -0.05) is 24.3 Å². The number of nitrogens with two attached hydrogens (primary N) is 1. The molecule has 0 aromatic heterocycles. The van der Waals surface area contributed by atoms with E-state index in [-0.39, 0.29) is 6.03 Å². The average Bonchev–Trinajstić information content (AvgIpc) is 2.61. The lowest BCUT2D eigenvalue weighted by Gasteiger charge is -2.16. The van der Waals surface area contributed by atoms with Crippen molar-refractivity contribution in [2.24, 2.45) is 5.73 Å². The topological polar surface area (TPSA) is 49.6 Å². The minimum absolute atomic E-state index is 0.109. The molecule has 0 bridgehead atoms. The quantitative estimate of drug-likeness (QED) is 0.825. The molecule has 86 valence electrons. The van der Waals surface area contributed by atoms with Crippen molar-refractivity contribution in [2.45, 2.75) is 13.1 Å². The van der Waals surface area contributed by atoms with Gasteiger partial charge in [-0.25, -0.2) is 4.79 Å². The van der Waals surface area contributed by atoms with Gasteiger partial charge in [-0.05, 0) is 11.1 Å². The highest BCUT2D eigenvalue weighted by atomic mass is 16.2. The van der Waals surface area contributed by atoms with Crippen LogP contribution in [0.15, 0.2) is 24.3 Å². The van der Waals surface area contributed by atoms with Crippen LogP contribution in [-0.4, -0.2) is 36.0 Å². The summed E-state index contributed by atoms with van der Waals surface area (Å²) in [5.74, 6) is 0. The summed E-state index contributed by atoms with van der Waals surface area (Å²) in [5, 5.41) is 0. The third-order valence-corrected chi connectivity index (χ3v) is 2.90. The zero-order valence-corrected chi connectivity index (χ0v) is 9.52. The standard InChI is InChI=1S/C12H17N3O/c1-14-5-6-15(12(14)16)9-11-4-2-3-10(7-11)8-13/h2-4,7H,5-6,8-9,13H2,1H3. The summed E-state index contributed by atoms with van der Waals surface area (Å²) in [6.45, 7) is 2.84. The first-order valence-corrected chi connectivity index (χ1v) is 5.48. The minimum atomic E-state index is 0.109. The average molecular weight is 219 g/mol. The van der Waals surface area contributed by atoms with Crippen LogP contribution in [0.1, 0.15) is 11.1 Å². The van der Waals surface area contributed by atoms with E-state index in [4.69, 9.17) is 5.73 Å². The Morgan fingerprint density at radius 3 is 2.69 bits per heavy atom. The molecule has 2 amide bonds. The second kappa shape index (κ2) is 4.53. The fraction of sp³-hybridized carbons (Fsp3) is 0.417. The highest BCUT2D eigenvalue weighted by molar-refractivity contribution is 5.76. The number of carbonyl (C=O) groups excluding carboxylic acids is 1. The Balaban J connectivity index is 2.06. The summed E-state index contributed by atoms with van der Waals surface area (Å²) in [4.78, 5) is 15.3. The monoisotopic (exact) mass is 219 g/mol. The van der Waals surface area contributed by atoms with Gasteiger partial charge in [-0.15, -0.1) is 0 Å². The molecule has 4 heteroatoms. The SMILES string of the molecule is CN1CCN(Cc2cccc(CN)c2)C1=O. The van der Waals surface area contributed by atoms with E-state index in [1.165, 1.54) is 0 Å². The van der Waals surface area contributed by atoms with Gasteiger partial charge in [-0.2, -0.15) is 0 Å². The zero-order valence-electron chi connectivity index (χ0n) is 9.52. The van der Waals surface area contributed by atoms with Crippen LogP contribution >= 0.6 is 0 Å². The van der Waals surface area contributed by atoms with Crippen LogP contribution in [0, 0.1) is 0 Å². The van der Waals surface area contributed by atoms with E-state index in [0.29, 0.717) is 13.1 Å². The first-order valence-electron chi connectivity index (χ1n) is 5.48. The van der Waals surface area contributed by atoms with Crippen LogP contribution in [-0.2, 0) is 13.1 Å². The summed E-state index contributed by atoms with van der Waals surface area (Å²) < 4.78 is 0. The van der Waals surface area contributed by atoms with Gasteiger partial charge in [0, 0.05) is 33.2 Å². The molecule has 1 aliphatic heterocycles. The molecule has 16 heavy (non-hydrogen) atoms. The molecular weight excluding hydrogens is 202 g/mol. The first kappa shape index (κ1) is 11.0. The molecular formula is C12H17N3O. The Kier molecular flexibility index (Phi) is 3.10. The predicted octanol–water partition coefficient (Wildman–Crippen LogP) is 1.01. The molecule has 0 radical (unpaired) electrons. The molecule has 4 nitrogen and oxygen atoms in total. The third-order valence-electron chi connectivity index (χ3n) is 2.90. The second-order valence-electron chi connectivity index (χ2n) is 4.15. The summed E-state index contributed by atoms with van der Waals surface area (Å²) >= 11 is 0. The van der Waals surface area contributed by atoms with Gasteiger partial charge in [-0.3, -0.25) is 0 Å². The van der Waals surface area contributed by atoms with Crippen molar-refractivity contribution in [1.82, 2.24) is 9.80 Å². The highest BCUT2D eigenvalue weighted by Crippen LogP contribution is 2.13. The molecule has 1 aliphatic rings. The van der Waals surface area contributed by atoms with Crippen molar-refractivity contribution in [3.63, 3.8) is 0 Å². The largest absolute Gasteiger partial charge is 0.326 e. The van der Waals surface area contributed by atoms with E-state index in [1.54, 1.807) is 4.90 Å². The van der Waals surface area contributed by atoms with Gasteiger partial charge in [0.2, 0.25) is 0 Å². The van der Waals surface area contributed by atoms with Gasteiger partial charge in [0.25, 0.3) is 0 Å². The molecule has 1 heterocycles. The predicted molar refractivity (Wildman–Crippen MR) is 62.8 cm³/mol. The van der Waals surface area contributed by atoms with E-state index >= 15 is 0 Å². The Hall–Kier alpha value is -1.55. The van der Waals surface area contributed by atoms with E-state index in [1.807, 2.05) is 30.1 Å². The lowest BCUT2D eigenvalue weighted by molar-refractivity contribution is 0.197. The number of hydrogen-bond donors (Lipinski definition) is 1. The minimum Gasteiger partial charge on any atom is -0.326 e. The van der Waals surface area contributed by atoms with Crippen molar-refractivity contribution in [1.29, 1.82) is 0 Å². The zero-order chi connectivity index (χ0) is 11.5. The molecule has 1 aromatic rings. The van der Waals surface area contributed by atoms with Crippen molar-refractivity contribution in [3.8, 4) is 0 Å². The molecule has 1 fully saturated rings. The van der Waals surface area contributed by atoms with E-state index in [9.17, 15) is 4.79 Å². The van der Waals surface area contributed by atoms with Crippen molar-refractivity contribution in [2.75, 3.05) is 20.1 Å². The second-order valence-corrected chi connectivity index (χ2v) is 4.15. The number of nitrogens with zero attached hydrogens (tertiary/aromatic N) is 2. The number of benzene rings is 1. The maximum atomic E-state index is 11.7. The fourth-order valence-electron chi connectivity index (χ4n) is 1.93. The van der Waals surface area contributed by atoms with Crippen LogP contribution in [0.3, 0.4) is 0 Å². The highest BCUT2D eigenvalue weighted by Gasteiger charge is 2.24. The molecule has 0 aliphatic carbocycles. The van der Waals surface area contributed by atoms with Gasteiger partial charge < -0.3 is 15.5 Å². The van der Waals surface area contributed by atoms with E-state index in [0.717, 1.165) is 24.2 Å². The lowest BCUT2D eigenvalue weighted by Crippen LogP contribution is -2.28. The fourth-order valence-corrected chi connectivity index (χ4v) is 1.93. The van der Waals surface area contributed by atoms with Gasteiger partial charge >= 0.3 is 6.03 Å². The maximum absolute atomic E-state index is 11.7. The molecule has 1 saturated heterocycles. The number of amides is 2. The summed E-state index contributed by atoms with van der Waals surface area (Å²) in [7, 11) is 1.83. The summed E-state index contributed by atoms with van der Waals surface area (Å²) in [6, 6.07) is 8.19. The molecule has 0 unspecified atom stereocenters. The molecule has 2 rings (SSSR count). The third kappa shape index (κ3) is 2.17. The summed E-state index contributed by atoms with van der Waals surface area (Å²) in [6.07, 6.45) is 0. The molecule has 1 aromatic carbocycles. The number of rotatable bonds is 3. The van der Waals surface area contributed by atoms with Crippen molar-refractivity contribution in [3.05, 3.63) is 35.4 Å². The lowest BCUT2D eigenvalue weighted by atomic mass is 10.1.